The number of likely N-dealkylation sites (tertiary alicyclic amines) is 1. The Morgan fingerprint density at radius 1 is 1.71 bits per heavy atom. The van der Waals surface area contributed by atoms with Crippen molar-refractivity contribution in [2.24, 2.45) is 5.73 Å². The van der Waals surface area contributed by atoms with Crippen LogP contribution in [0.2, 0.25) is 0 Å². The zero-order valence-corrected chi connectivity index (χ0v) is 10.5. The molecule has 0 aliphatic carbocycles. The van der Waals surface area contributed by atoms with E-state index in [0.29, 0.717) is 13.0 Å². The van der Waals surface area contributed by atoms with Crippen molar-refractivity contribution in [2.45, 2.75) is 44.8 Å². The van der Waals surface area contributed by atoms with Crippen LogP contribution in [0.15, 0.2) is 0 Å². The Morgan fingerprint density at radius 3 is 3.12 bits per heavy atom. The molecule has 0 bridgehead atoms. The van der Waals surface area contributed by atoms with E-state index in [1.165, 1.54) is 0 Å². The number of hydrogen-bond donors (Lipinski definition) is 1. The molecule has 1 amide bonds. The van der Waals surface area contributed by atoms with Crippen LogP contribution in [0.4, 0.5) is 0 Å². The normalized spacial score (nSPS) is 21.9. The van der Waals surface area contributed by atoms with Gasteiger partial charge >= 0.3 is 0 Å². The Balaban J connectivity index is 2.43. The van der Waals surface area contributed by atoms with Crippen LogP contribution in [0.25, 0.3) is 0 Å². The summed E-state index contributed by atoms with van der Waals surface area (Å²) < 4.78 is 5.68. The molecule has 2 unspecified atom stereocenters. The predicted octanol–water partition coefficient (Wildman–Crippen LogP) is 0.755. The molecule has 17 heavy (non-hydrogen) atoms. The minimum Gasteiger partial charge on any atom is -0.376 e. The largest absolute Gasteiger partial charge is 0.376 e. The van der Waals surface area contributed by atoms with Crippen LogP contribution in [0.3, 0.4) is 0 Å². The van der Waals surface area contributed by atoms with E-state index in [2.05, 4.69) is 12.8 Å². The number of rotatable bonds is 5. The fourth-order valence-electron chi connectivity index (χ4n) is 2.01. The van der Waals surface area contributed by atoms with Gasteiger partial charge in [-0.05, 0) is 19.3 Å². The van der Waals surface area contributed by atoms with E-state index >= 15 is 0 Å². The summed E-state index contributed by atoms with van der Waals surface area (Å²) in [5.41, 5.74) is 5.73. The molecule has 1 heterocycles. The Hall–Kier alpha value is -1.05. The number of ether oxygens (including phenoxy) is 1. The van der Waals surface area contributed by atoms with Crippen molar-refractivity contribution in [3.63, 3.8) is 0 Å². The van der Waals surface area contributed by atoms with Gasteiger partial charge in [0.05, 0.1) is 12.1 Å². The van der Waals surface area contributed by atoms with Crippen LogP contribution in [0.5, 0.6) is 0 Å². The molecular weight excluding hydrogens is 216 g/mol. The number of hydrogen-bond acceptors (Lipinski definition) is 3. The second-order valence-corrected chi connectivity index (χ2v) is 4.43. The second-order valence-electron chi connectivity index (χ2n) is 4.43. The lowest BCUT2D eigenvalue weighted by Crippen LogP contribution is -2.49. The molecule has 1 fully saturated rings. The van der Waals surface area contributed by atoms with E-state index in [4.69, 9.17) is 16.9 Å². The van der Waals surface area contributed by atoms with Gasteiger partial charge in [0, 0.05) is 26.1 Å². The van der Waals surface area contributed by atoms with Gasteiger partial charge in [0.15, 0.2) is 0 Å². The molecule has 1 aliphatic rings. The number of nitrogens with two attached hydrogens (primary N) is 1. The molecule has 0 aromatic rings. The topological polar surface area (TPSA) is 55.6 Å². The summed E-state index contributed by atoms with van der Waals surface area (Å²) in [6.45, 7) is 4.25. The Morgan fingerprint density at radius 2 is 2.47 bits per heavy atom. The Labute approximate surface area is 103 Å². The van der Waals surface area contributed by atoms with E-state index in [-0.39, 0.29) is 12.0 Å². The quantitative estimate of drug-likeness (QED) is 0.719. The molecule has 0 spiro atoms. The van der Waals surface area contributed by atoms with Crippen molar-refractivity contribution in [1.29, 1.82) is 0 Å². The molecule has 96 valence electrons. The smallest absolute Gasteiger partial charge is 0.240 e. The third-order valence-corrected chi connectivity index (χ3v) is 2.90. The fraction of sp³-hybridized carbons (Fsp3) is 0.769. The summed E-state index contributed by atoms with van der Waals surface area (Å²) in [6, 6.07) is -0.565. The van der Waals surface area contributed by atoms with E-state index < -0.39 is 6.04 Å². The molecule has 0 aromatic carbocycles. The SMILES string of the molecule is C#CCC(N)C(=O)N1CCCC(OCCC)C1. The van der Waals surface area contributed by atoms with E-state index in [1.807, 2.05) is 0 Å². The number of amides is 1. The van der Waals surface area contributed by atoms with Crippen molar-refractivity contribution >= 4 is 5.91 Å². The molecule has 2 atom stereocenters. The maximum absolute atomic E-state index is 12.0. The van der Waals surface area contributed by atoms with Gasteiger partial charge in [-0.2, -0.15) is 0 Å². The number of piperidine rings is 1. The van der Waals surface area contributed by atoms with Crippen LogP contribution in [-0.4, -0.2) is 42.6 Å². The van der Waals surface area contributed by atoms with Crippen LogP contribution >= 0.6 is 0 Å². The zero-order valence-electron chi connectivity index (χ0n) is 10.5. The molecule has 4 nitrogen and oxygen atoms in total. The summed E-state index contributed by atoms with van der Waals surface area (Å²) >= 11 is 0. The van der Waals surface area contributed by atoms with Crippen LogP contribution < -0.4 is 5.73 Å². The first-order chi connectivity index (χ1) is 8.19. The maximum atomic E-state index is 12.0. The highest BCUT2D eigenvalue weighted by atomic mass is 16.5. The lowest BCUT2D eigenvalue weighted by Gasteiger charge is -2.33. The average molecular weight is 238 g/mol. The zero-order chi connectivity index (χ0) is 12.7. The van der Waals surface area contributed by atoms with Gasteiger partial charge in [0.25, 0.3) is 0 Å². The van der Waals surface area contributed by atoms with Crippen LogP contribution in [-0.2, 0) is 9.53 Å². The number of nitrogens with zero attached hydrogens (tertiary/aromatic N) is 1. The number of carbonyl (C=O) groups excluding carboxylic acids is 1. The van der Waals surface area contributed by atoms with Crippen molar-refractivity contribution in [3.05, 3.63) is 0 Å². The molecule has 0 aromatic heterocycles. The molecule has 1 rings (SSSR count). The van der Waals surface area contributed by atoms with Gasteiger partial charge in [-0.25, -0.2) is 0 Å². The van der Waals surface area contributed by atoms with Crippen molar-refractivity contribution < 1.29 is 9.53 Å². The monoisotopic (exact) mass is 238 g/mol. The minimum absolute atomic E-state index is 0.0484. The first-order valence-corrected chi connectivity index (χ1v) is 6.28. The Kier molecular flexibility index (Phi) is 6.03. The summed E-state index contributed by atoms with van der Waals surface area (Å²) in [4.78, 5) is 13.7. The van der Waals surface area contributed by atoms with Crippen LogP contribution in [0, 0.1) is 12.3 Å². The second kappa shape index (κ2) is 7.31. The van der Waals surface area contributed by atoms with Crippen molar-refractivity contribution in [1.82, 2.24) is 4.90 Å². The maximum Gasteiger partial charge on any atom is 0.240 e. The minimum atomic E-state index is -0.565. The molecule has 0 saturated carbocycles. The van der Waals surface area contributed by atoms with Crippen LogP contribution in [0.1, 0.15) is 32.6 Å². The van der Waals surface area contributed by atoms with E-state index in [1.54, 1.807) is 4.90 Å². The molecule has 1 aliphatic heterocycles. The lowest BCUT2D eigenvalue weighted by molar-refractivity contribution is -0.136. The van der Waals surface area contributed by atoms with Gasteiger partial charge in [-0.15, -0.1) is 12.3 Å². The number of terminal acetylenes is 1. The van der Waals surface area contributed by atoms with Gasteiger partial charge in [-0.3, -0.25) is 4.79 Å². The first kappa shape index (κ1) is 14.0. The third kappa shape index (κ3) is 4.37. The van der Waals surface area contributed by atoms with Gasteiger partial charge < -0.3 is 15.4 Å². The van der Waals surface area contributed by atoms with E-state index in [0.717, 1.165) is 32.4 Å². The molecule has 1 saturated heterocycles. The summed E-state index contributed by atoms with van der Waals surface area (Å²) in [5.74, 6) is 2.38. The predicted molar refractivity (Wildman–Crippen MR) is 67.3 cm³/mol. The molecule has 2 N–H and O–H groups in total. The standard InChI is InChI=1S/C13H22N2O2/c1-3-6-12(14)13(16)15-8-5-7-11(10-15)17-9-4-2/h1,11-12H,4-10,14H2,2H3. The van der Waals surface area contributed by atoms with Gasteiger partial charge in [-0.1, -0.05) is 6.92 Å². The molecule has 4 heteroatoms. The highest BCUT2D eigenvalue weighted by Gasteiger charge is 2.26. The highest BCUT2D eigenvalue weighted by molar-refractivity contribution is 5.82. The Bertz CT molecular complexity index is 286. The summed E-state index contributed by atoms with van der Waals surface area (Å²) in [6.07, 6.45) is 8.62. The van der Waals surface area contributed by atoms with Gasteiger partial charge in [0.1, 0.15) is 0 Å². The van der Waals surface area contributed by atoms with Gasteiger partial charge in [0.2, 0.25) is 5.91 Å². The fourth-order valence-corrected chi connectivity index (χ4v) is 2.01. The lowest BCUT2D eigenvalue weighted by atomic mass is 10.1. The molecular formula is C13H22N2O2. The van der Waals surface area contributed by atoms with Crippen molar-refractivity contribution in [2.75, 3.05) is 19.7 Å². The average Bonchev–Trinajstić information content (AvgIpc) is 2.36. The first-order valence-electron chi connectivity index (χ1n) is 6.28. The summed E-state index contributed by atoms with van der Waals surface area (Å²) in [7, 11) is 0. The molecule has 0 radical (unpaired) electrons. The summed E-state index contributed by atoms with van der Waals surface area (Å²) in [5, 5.41) is 0. The highest BCUT2D eigenvalue weighted by Crippen LogP contribution is 2.14. The number of carbonyl (C=O) groups is 1. The van der Waals surface area contributed by atoms with Crippen molar-refractivity contribution in [3.8, 4) is 12.3 Å². The van der Waals surface area contributed by atoms with E-state index in [9.17, 15) is 4.79 Å². The third-order valence-electron chi connectivity index (χ3n) is 2.90.